The lowest BCUT2D eigenvalue weighted by atomic mass is 9.91. The van der Waals surface area contributed by atoms with E-state index in [1.54, 1.807) is 12.1 Å². The SMILES string of the molecule is Cc1c(-c2nc3cc(CN4CCC(C(=O)O)C4)cc(C#N)c3o2)cccc1-c1cccc2c1CC[C@@H]2Oc1nc(OCc2ccccc2)c(CNCC(O)CC(=O)O)cc1Cl. The minimum atomic E-state index is -1.09. The van der Waals surface area contributed by atoms with Crippen molar-refractivity contribution in [3.8, 4) is 40.4 Å². The summed E-state index contributed by atoms with van der Waals surface area (Å²) < 4.78 is 19.1. The number of aliphatic hydroxyl groups is 1. The summed E-state index contributed by atoms with van der Waals surface area (Å²) >= 11 is 6.82. The number of benzene rings is 4. The van der Waals surface area contributed by atoms with E-state index in [2.05, 4.69) is 34.5 Å². The minimum absolute atomic E-state index is 0.0552. The number of aliphatic carboxylic acids is 2. The van der Waals surface area contributed by atoms with Gasteiger partial charge in [-0.25, -0.2) is 4.98 Å². The van der Waals surface area contributed by atoms with Crippen molar-refractivity contribution in [1.82, 2.24) is 20.2 Å². The van der Waals surface area contributed by atoms with Gasteiger partial charge in [0.05, 0.1) is 24.0 Å². The number of hydrogen-bond donors (Lipinski definition) is 4. The second-order valence-corrected chi connectivity index (χ2v) is 16.0. The molecule has 3 heterocycles. The third-order valence-corrected chi connectivity index (χ3v) is 11.6. The Balaban J connectivity index is 1.04. The van der Waals surface area contributed by atoms with Gasteiger partial charge in [-0.05, 0) is 95.9 Å². The Bertz CT molecular complexity index is 2640. The maximum atomic E-state index is 11.5. The lowest BCUT2D eigenvalue weighted by Crippen LogP contribution is -2.28. The van der Waals surface area contributed by atoms with Gasteiger partial charge in [0.1, 0.15) is 29.3 Å². The van der Waals surface area contributed by atoms with Gasteiger partial charge in [-0.15, -0.1) is 0 Å². The molecule has 13 nitrogen and oxygen atoms in total. The quantitative estimate of drug-likeness (QED) is 0.0737. The van der Waals surface area contributed by atoms with Gasteiger partial charge >= 0.3 is 11.9 Å². The number of nitrogens with one attached hydrogen (secondary N) is 1. The Morgan fingerprint density at radius 2 is 1.77 bits per heavy atom. The van der Waals surface area contributed by atoms with Gasteiger partial charge < -0.3 is 34.5 Å². The van der Waals surface area contributed by atoms with E-state index in [9.17, 15) is 25.1 Å². The highest BCUT2D eigenvalue weighted by atomic mass is 35.5. The molecule has 1 aliphatic heterocycles. The lowest BCUT2D eigenvalue weighted by Gasteiger charge is -2.19. The highest BCUT2D eigenvalue weighted by molar-refractivity contribution is 6.31. The molecule has 0 spiro atoms. The second kappa shape index (κ2) is 18.1. The number of halogens is 1. The summed E-state index contributed by atoms with van der Waals surface area (Å²) in [6.07, 6.45) is 0.251. The number of likely N-dealkylation sites (tertiary alicyclic amines) is 1. The number of fused-ring (bicyclic) bond motifs is 2. The first kappa shape index (κ1) is 41.4. The fourth-order valence-electron chi connectivity index (χ4n) is 8.30. The molecule has 2 aliphatic rings. The van der Waals surface area contributed by atoms with E-state index in [-0.39, 0.29) is 49.0 Å². The maximum absolute atomic E-state index is 11.5. The largest absolute Gasteiger partial charge is 0.481 e. The zero-order valence-electron chi connectivity index (χ0n) is 33.4. The molecular weight excluding hydrogens is 798 g/mol. The van der Waals surface area contributed by atoms with Crippen LogP contribution in [-0.2, 0) is 35.7 Å². The Hall–Kier alpha value is -6.30. The number of ether oxygens (including phenoxy) is 2. The van der Waals surface area contributed by atoms with Crippen molar-refractivity contribution < 1.29 is 38.8 Å². The molecule has 4 N–H and O–H groups in total. The fraction of sp³-hybridized carbons (Fsp3) is 0.298. The van der Waals surface area contributed by atoms with Crippen molar-refractivity contribution in [2.75, 3.05) is 19.6 Å². The number of aromatic nitrogens is 2. The number of hydrogen-bond acceptors (Lipinski definition) is 11. The average Bonchev–Trinajstić information content (AvgIpc) is 4.00. The van der Waals surface area contributed by atoms with Crippen molar-refractivity contribution in [3.05, 3.63) is 129 Å². The predicted molar refractivity (Wildman–Crippen MR) is 227 cm³/mol. The summed E-state index contributed by atoms with van der Waals surface area (Å²) in [5, 5.41) is 42.0. The Kier molecular flexibility index (Phi) is 12.3. The smallest absolute Gasteiger partial charge is 0.307 e. The number of pyridine rings is 1. The normalized spacial score (nSPS) is 16.6. The second-order valence-electron chi connectivity index (χ2n) is 15.6. The molecule has 8 rings (SSSR count). The van der Waals surface area contributed by atoms with Gasteiger partial charge in [0, 0.05) is 37.3 Å². The van der Waals surface area contributed by atoms with Crippen LogP contribution >= 0.6 is 11.6 Å². The summed E-state index contributed by atoms with van der Waals surface area (Å²) in [7, 11) is 0. The van der Waals surface area contributed by atoms with Crippen LogP contribution in [0.1, 0.15) is 64.3 Å². The van der Waals surface area contributed by atoms with Crippen LogP contribution in [0.25, 0.3) is 33.7 Å². The van der Waals surface area contributed by atoms with Crippen LogP contribution in [0.15, 0.2) is 89.3 Å². The first-order valence-corrected chi connectivity index (χ1v) is 20.6. The highest BCUT2D eigenvalue weighted by Crippen LogP contribution is 2.43. The van der Waals surface area contributed by atoms with E-state index in [1.165, 1.54) is 0 Å². The molecule has 2 aromatic heterocycles. The predicted octanol–water partition coefficient (Wildman–Crippen LogP) is 7.87. The first-order valence-electron chi connectivity index (χ1n) is 20.2. The van der Waals surface area contributed by atoms with E-state index in [0.29, 0.717) is 66.5 Å². The zero-order valence-corrected chi connectivity index (χ0v) is 34.2. The average molecular weight is 842 g/mol. The van der Waals surface area contributed by atoms with Gasteiger partial charge in [0.25, 0.3) is 0 Å². The lowest BCUT2D eigenvalue weighted by molar-refractivity contribution is -0.141. The molecule has 14 heteroatoms. The summed E-state index contributed by atoms with van der Waals surface area (Å²) in [5.74, 6) is -1.32. The molecule has 61 heavy (non-hydrogen) atoms. The Morgan fingerprint density at radius 3 is 2.54 bits per heavy atom. The number of nitriles is 1. The van der Waals surface area contributed by atoms with E-state index in [1.807, 2.05) is 61.5 Å². The molecule has 1 fully saturated rings. The number of carboxylic acids is 2. The molecule has 1 saturated heterocycles. The van der Waals surface area contributed by atoms with Gasteiger partial charge in [0.15, 0.2) is 5.58 Å². The van der Waals surface area contributed by atoms with E-state index in [4.69, 9.17) is 40.6 Å². The molecule has 0 bridgehead atoms. The van der Waals surface area contributed by atoms with Crippen molar-refractivity contribution in [2.45, 2.75) is 64.5 Å². The molecular formula is C47H44ClN5O8. The summed E-state index contributed by atoms with van der Waals surface area (Å²) in [6, 6.07) is 29.5. The van der Waals surface area contributed by atoms with Crippen molar-refractivity contribution in [3.63, 3.8) is 0 Å². The van der Waals surface area contributed by atoms with Gasteiger partial charge in [0.2, 0.25) is 17.7 Å². The van der Waals surface area contributed by atoms with Gasteiger partial charge in [-0.2, -0.15) is 10.2 Å². The monoisotopic (exact) mass is 841 g/mol. The van der Waals surface area contributed by atoms with Crippen LogP contribution in [0.3, 0.4) is 0 Å². The van der Waals surface area contributed by atoms with E-state index in [0.717, 1.165) is 50.9 Å². The number of oxazole rings is 1. The van der Waals surface area contributed by atoms with Crippen LogP contribution in [0.5, 0.6) is 11.8 Å². The van der Waals surface area contributed by atoms with Crippen LogP contribution in [-0.4, -0.2) is 67.9 Å². The number of aliphatic hydroxyl groups excluding tert-OH is 1. The third-order valence-electron chi connectivity index (χ3n) is 11.3. The standard InChI is InChI=1S/C47H44ClN5O8/c1-27-34(9-5-10-35(27)45-51-40-18-29(17-31(21-49)43(40)61-45)24-53-16-15-30(25-53)47(57)58)36-11-6-12-38-37(36)13-14-41(38)60-46-39(48)19-32(22-50-23-33(54)20-42(55)56)44(52-46)59-26-28-7-3-2-4-8-28/h2-12,17-19,30,33,41,50,54H,13-16,20,22-26H2,1H3,(H,55,56)(H,57,58)/t30?,33?,41-/m0/s1. The molecule has 2 unspecified atom stereocenters. The summed E-state index contributed by atoms with van der Waals surface area (Å²) in [5.41, 5.74) is 9.81. The highest BCUT2D eigenvalue weighted by Gasteiger charge is 2.30. The Morgan fingerprint density at radius 1 is 0.984 bits per heavy atom. The summed E-state index contributed by atoms with van der Waals surface area (Å²) in [6.45, 7) is 4.23. The first-order chi connectivity index (χ1) is 29.5. The zero-order chi connectivity index (χ0) is 42.6. The molecule has 312 valence electrons. The topological polar surface area (TPSA) is 191 Å². The maximum Gasteiger partial charge on any atom is 0.307 e. The van der Waals surface area contributed by atoms with Crippen LogP contribution in [0.2, 0.25) is 5.02 Å². The molecule has 6 aromatic rings. The molecule has 3 atom stereocenters. The molecule has 0 radical (unpaired) electrons. The molecule has 0 amide bonds. The third kappa shape index (κ3) is 9.23. The van der Waals surface area contributed by atoms with Crippen molar-refractivity contribution in [2.24, 2.45) is 5.92 Å². The van der Waals surface area contributed by atoms with Crippen molar-refractivity contribution >= 4 is 34.6 Å². The van der Waals surface area contributed by atoms with Crippen LogP contribution < -0.4 is 14.8 Å². The van der Waals surface area contributed by atoms with Gasteiger partial charge in [-0.1, -0.05) is 72.3 Å². The van der Waals surface area contributed by atoms with Crippen LogP contribution in [0, 0.1) is 24.2 Å². The number of carboxylic acid groups (broad SMARTS) is 2. The molecule has 0 saturated carbocycles. The number of rotatable bonds is 16. The number of carbonyl (C=O) groups is 2. The van der Waals surface area contributed by atoms with E-state index < -0.39 is 18.0 Å². The van der Waals surface area contributed by atoms with Crippen LogP contribution in [0.4, 0.5) is 0 Å². The van der Waals surface area contributed by atoms with Gasteiger partial charge in [-0.3, -0.25) is 14.5 Å². The minimum Gasteiger partial charge on any atom is -0.481 e. The summed E-state index contributed by atoms with van der Waals surface area (Å²) in [4.78, 5) is 34.2. The molecule has 1 aliphatic carbocycles. The molecule has 4 aromatic carbocycles. The van der Waals surface area contributed by atoms with Crippen molar-refractivity contribution in [1.29, 1.82) is 5.26 Å². The number of nitrogens with zero attached hydrogens (tertiary/aromatic N) is 4. The van der Waals surface area contributed by atoms with E-state index >= 15 is 0 Å². The fourth-order valence-corrected chi connectivity index (χ4v) is 8.52. The Labute approximate surface area is 357 Å².